The zero-order valence-electron chi connectivity index (χ0n) is 9.10. The van der Waals surface area contributed by atoms with E-state index in [1.165, 1.54) is 12.1 Å². The summed E-state index contributed by atoms with van der Waals surface area (Å²) in [6.45, 7) is 0. The Balaban J connectivity index is 2.46. The van der Waals surface area contributed by atoms with Gasteiger partial charge in [0.2, 0.25) is 0 Å². The van der Waals surface area contributed by atoms with Gasteiger partial charge in [-0.25, -0.2) is 13.1 Å². The summed E-state index contributed by atoms with van der Waals surface area (Å²) in [6, 6.07) is 4.34. The highest BCUT2D eigenvalue weighted by atomic mass is 35.7. The Labute approximate surface area is 110 Å². The minimum Gasteiger partial charge on any atom is -0.240 e. The van der Waals surface area contributed by atoms with Crippen molar-refractivity contribution in [3.8, 4) is 5.69 Å². The number of nitrogens with zero attached hydrogens (tertiary/aromatic N) is 2. The molecular weight excluding hydrogens is 305 g/mol. The fraction of sp³-hybridized carbons (Fsp3) is 0.100. The Hall–Kier alpha value is -1.54. The summed E-state index contributed by atoms with van der Waals surface area (Å²) in [6.07, 6.45) is -2.48. The lowest BCUT2D eigenvalue weighted by atomic mass is 10.2. The first-order chi connectivity index (χ1) is 8.68. The SMILES string of the molecule is O=S(=O)(Cl)c1cnn(-c2cccc(C(F)(F)F)c2)c1. The van der Waals surface area contributed by atoms with Gasteiger partial charge in [0.1, 0.15) is 4.90 Å². The van der Waals surface area contributed by atoms with E-state index in [1.807, 2.05) is 0 Å². The molecule has 0 saturated carbocycles. The zero-order valence-corrected chi connectivity index (χ0v) is 10.7. The monoisotopic (exact) mass is 310 g/mol. The topological polar surface area (TPSA) is 52.0 Å². The van der Waals surface area contributed by atoms with Crippen LogP contribution < -0.4 is 0 Å². The van der Waals surface area contributed by atoms with Crippen LogP contribution in [0, 0.1) is 0 Å². The molecule has 2 aromatic rings. The Kier molecular flexibility index (Phi) is 3.31. The van der Waals surface area contributed by atoms with Gasteiger partial charge in [-0.1, -0.05) is 6.07 Å². The molecule has 0 fully saturated rings. The van der Waals surface area contributed by atoms with Gasteiger partial charge < -0.3 is 0 Å². The fourth-order valence-electron chi connectivity index (χ4n) is 1.40. The second-order valence-corrected chi connectivity index (χ2v) is 6.17. The lowest BCUT2D eigenvalue weighted by Gasteiger charge is -2.08. The number of alkyl halides is 3. The van der Waals surface area contributed by atoms with E-state index in [4.69, 9.17) is 10.7 Å². The molecule has 1 aromatic heterocycles. The molecule has 19 heavy (non-hydrogen) atoms. The smallest absolute Gasteiger partial charge is 0.240 e. The molecule has 102 valence electrons. The highest BCUT2D eigenvalue weighted by Crippen LogP contribution is 2.30. The lowest BCUT2D eigenvalue weighted by molar-refractivity contribution is -0.137. The van der Waals surface area contributed by atoms with Crippen LogP contribution in [0.15, 0.2) is 41.6 Å². The van der Waals surface area contributed by atoms with Gasteiger partial charge in [0, 0.05) is 10.7 Å². The summed E-state index contributed by atoms with van der Waals surface area (Å²) in [5.74, 6) is 0. The fourth-order valence-corrected chi connectivity index (χ4v) is 2.04. The summed E-state index contributed by atoms with van der Waals surface area (Å²) in [5.41, 5.74) is -0.767. The predicted octanol–water partition coefficient (Wildman–Crippen LogP) is 2.82. The molecule has 9 heteroatoms. The van der Waals surface area contributed by atoms with Crippen molar-refractivity contribution < 1.29 is 21.6 Å². The van der Waals surface area contributed by atoms with Crippen LogP contribution in [0.3, 0.4) is 0 Å². The maximum atomic E-state index is 12.5. The molecule has 1 aromatic carbocycles. The van der Waals surface area contributed by atoms with Crippen LogP contribution in [0.25, 0.3) is 5.69 Å². The van der Waals surface area contributed by atoms with Crippen molar-refractivity contribution >= 4 is 19.7 Å². The molecule has 0 amide bonds. The van der Waals surface area contributed by atoms with Crippen molar-refractivity contribution in [3.63, 3.8) is 0 Å². The van der Waals surface area contributed by atoms with Crippen LogP contribution >= 0.6 is 10.7 Å². The Morgan fingerprint density at radius 2 is 1.95 bits per heavy atom. The van der Waals surface area contributed by atoms with Gasteiger partial charge >= 0.3 is 6.18 Å². The Morgan fingerprint density at radius 1 is 1.26 bits per heavy atom. The minimum absolute atomic E-state index is 0.0846. The van der Waals surface area contributed by atoms with Gasteiger partial charge in [-0.05, 0) is 18.2 Å². The summed E-state index contributed by atoms with van der Waals surface area (Å²) in [7, 11) is 1.14. The van der Waals surface area contributed by atoms with Crippen molar-refractivity contribution in [3.05, 3.63) is 42.2 Å². The van der Waals surface area contributed by atoms with E-state index in [0.29, 0.717) is 0 Å². The molecule has 0 N–H and O–H groups in total. The van der Waals surface area contributed by atoms with Gasteiger partial charge in [0.05, 0.1) is 23.6 Å². The van der Waals surface area contributed by atoms with Crippen LogP contribution in [-0.4, -0.2) is 18.2 Å². The number of rotatable bonds is 2. The number of halogens is 4. The molecule has 2 rings (SSSR count). The van der Waals surface area contributed by atoms with Crippen LogP contribution in [0.2, 0.25) is 0 Å². The third-order valence-electron chi connectivity index (χ3n) is 2.28. The molecule has 0 spiro atoms. The van der Waals surface area contributed by atoms with Crippen molar-refractivity contribution in [2.24, 2.45) is 0 Å². The van der Waals surface area contributed by atoms with Crippen LogP contribution in [0.5, 0.6) is 0 Å². The minimum atomic E-state index is -4.48. The largest absolute Gasteiger partial charge is 0.416 e. The molecule has 0 unspecified atom stereocenters. The average Bonchev–Trinajstić information content (AvgIpc) is 2.77. The summed E-state index contributed by atoms with van der Waals surface area (Å²) >= 11 is 0. The maximum Gasteiger partial charge on any atom is 0.416 e. The summed E-state index contributed by atoms with van der Waals surface area (Å²) in [5, 5.41) is 3.66. The first-order valence-corrected chi connectivity index (χ1v) is 7.16. The van der Waals surface area contributed by atoms with Gasteiger partial charge in [-0.15, -0.1) is 0 Å². The van der Waals surface area contributed by atoms with Crippen LogP contribution in [-0.2, 0) is 15.2 Å². The molecule has 0 radical (unpaired) electrons. The van der Waals surface area contributed by atoms with Crippen molar-refractivity contribution in [2.75, 3.05) is 0 Å². The second kappa shape index (κ2) is 4.53. The highest BCUT2D eigenvalue weighted by Gasteiger charge is 2.30. The van der Waals surface area contributed by atoms with Gasteiger partial charge in [-0.3, -0.25) is 0 Å². The third-order valence-corrected chi connectivity index (χ3v) is 3.59. The number of aromatic nitrogens is 2. The lowest BCUT2D eigenvalue weighted by Crippen LogP contribution is -2.06. The third kappa shape index (κ3) is 3.07. The first kappa shape index (κ1) is 13.9. The van der Waals surface area contributed by atoms with E-state index in [9.17, 15) is 21.6 Å². The van der Waals surface area contributed by atoms with Crippen molar-refractivity contribution in [2.45, 2.75) is 11.1 Å². The van der Waals surface area contributed by atoms with Crippen molar-refractivity contribution in [1.82, 2.24) is 9.78 Å². The molecular formula is C10H6ClF3N2O2S. The van der Waals surface area contributed by atoms with Crippen LogP contribution in [0.1, 0.15) is 5.56 Å². The molecule has 0 bridgehead atoms. The quantitative estimate of drug-likeness (QED) is 0.802. The van der Waals surface area contributed by atoms with Gasteiger partial charge in [0.25, 0.3) is 9.05 Å². The summed E-state index contributed by atoms with van der Waals surface area (Å²) in [4.78, 5) is -0.286. The number of hydrogen-bond donors (Lipinski definition) is 0. The van der Waals surface area contributed by atoms with E-state index in [0.717, 1.165) is 29.2 Å². The number of benzene rings is 1. The van der Waals surface area contributed by atoms with Crippen LogP contribution in [0.4, 0.5) is 13.2 Å². The first-order valence-electron chi connectivity index (χ1n) is 4.85. The highest BCUT2D eigenvalue weighted by molar-refractivity contribution is 8.13. The molecule has 0 atom stereocenters. The average molecular weight is 311 g/mol. The molecule has 0 saturated heterocycles. The molecule has 0 aliphatic rings. The van der Waals surface area contributed by atoms with Crippen molar-refractivity contribution in [1.29, 1.82) is 0 Å². The molecule has 1 heterocycles. The zero-order chi connectivity index (χ0) is 14.3. The van der Waals surface area contributed by atoms with E-state index < -0.39 is 20.8 Å². The second-order valence-electron chi connectivity index (χ2n) is 3.61. The number of hydrogen-bond acceptors (Lipinski definition) is 3. The van der Waals surface area contributed by atoms with Gasteiger partial charge in [-0.2, -0.15) is 18.3 Å². The van der Waals surface area contributed by atoms with E-state index in [2.05, 4.69) is 5.10 Å². The Bertz CT molecular complexity index is 710. The normalized spacial score (nSPS) is 12.6. The molecule has 0 aliphatic heterocycles. The molecule has 4 nitrogen and oxygen atoms in total. The van der Waals surface area contributed by atoms with E-state index >= 15 is 0 Å². The van der Waals surface area contributed by atoms with E-state index in [1.54, 1.807) is 0 Å². The maximum absolute atomic E-state index is 12.5. The van der Waals surface area contributed by atoms with E-state index in [-0.39, 0.29) is 10.6 Å². The molecule has 0 aliphatic carbocycles. The van der Waals surface area contributed by atoms with Gasteiger partial charge in [0.15, 0.2) is 0 Å². The summed E-state index contributed by atoms with van der Waals surface area (Å²) < 4.78 is 60.7. The standard InChI is InChI=1S/C10H6ClF3N2O2S/c11-19(17,18)9-5-15-16(6-9)8-3-1-2-7(4-8)10(12,13)14/h1-6H. The Morgan fingerprint density at radius 3 is 2.47 bits per heavy atom. The predicted molar refractivity (Wildman–Crippen MR) is 61.6 cm³/mol.